The molecule has 0 bridgehead atoms. The topological polar surface area (TPSA) is 26.7 Å². The number of rotatable bonds is 3. The molecule has 158 valence electrons. The lowest BCUT2D eigenvalue weighted by Crippen LogP contribution is -2.26. The molecule has 1 N–H and O–H groups in total. The van der Waals surface area contributed by atoms with E-state index in [2.05, 4.69) is 88.0 Å². The number of aryl methyl sites for hydroxylation is 6. The lowest BCUT2D eigenvalue weighted by molar-refractivity contribution is 0.504. The minimum atomic E-state index is 0.254. The Bertz CT molecular complexity index is 1090. The largest absolute Gasteiger partial charge is 0.504 e. The second-order valence-electron chi connectivity index (χ2n) is 8.57. The van der Waals surface area contributed by atoms with Crippen LogP contribution in [0.1, 0.15) is 38.9 Å². The average molecular weight is 411 g/mol. The van der Waals surface area contributed by atoms with Crippen LogP contribution in [-0.4, -0.2) is 5.11 Å². The van der Waals surface area contributed by atoms with Crippen LogP contribution in [0.5, 0.6) is 0 Å². The van der Waals surface area contributed by atoms with Crippen LogP contribution in [0.4, 0.5) is 11.4 Å². The first-order valence-corrected chi connectivity index (χ1v) is 10.7. The molecular formula is C28H30N2O. The van der Waals surface area contributed by atoms with Gasteiger partial charge < -0.3 is 5.11 Å². The fourth-order valence-electron chi connectivity index (χ4n) is 4.81. The number of aliphatic hydroxyl groups is 1. The molecule has 0 atom stereocenters. The molecule has 0 saturated carbocycles. The first kappa shape index (κ1) is 20.8. The van der Waals surface area contributed by atoms with E-state index >= 15 is 0 Å². The molecule has 0 aliphatic carbocycles. The van der Waals surface area contributed by atoms with E-state index in [1.54, 1.807) is 0 Å². The van der Waals surface area contributed by atoms with Crippen LogP contribution in [0.2, 0.25) is 0 Å². The molecule has 3 nitrogen and oxygen atoms in total. The highest BCUT2D eigenvalue weighted by Gasteiger charge is 2.30. The summed E-state index contributed by atoms with van der Waals surface area (Å²) in [5.41, 5.74) is 10.2. The Kier molecular flexibility index (Phi) is 5.36. The van der Waals surface area contributed by atoms with Gasteiger partial charge in [0.1, 0.15) is 0 Å². The first-order chi connectivity index (χ1) is 14.8. The van der Waals surface area contributed by atoms with Gasteiger partial charge in [0.25, 0.3) is 0 Å². The van der Waals surface area contributed by atoms with Crippen molar-refractivity contribution in [2.24, 2.45) is 0 Å². The molecule has 3 aromatic carbocycles. The number of nitrogens with zero attached hydrogens (tertiary/aromatic N) is 2. The zero-order valence-corrected chi connectivity index (χ0v) is 19.2. The molecule has 0 amide bonds. The van der Waals surface area contributed by atoms with Gasteiger partial charge >= 0.3 is 0 Å². The van der Waals surface area contributed by atoms with Gasteiger partial charge in [-0.25, -0.2) is 0 Å². The summed E-state index contributed by atoms with van der Waals surface area (Å²) in [6, 6.07) is 18.5. The molecule has 3 heteroatoms. The highest BCUT2D eigenvalue weighted by atomic mass is 16.3. The van der Waals surface area contributed by atoms with E-state index < -0.39 is 0 Å². The van der Waals surface area contributed by atoms with E-state index in [4.69, 9.17) is 0 Å². The molecule has 1 aliphatic rings. The van der Waals surface area contributed by atoms with Crippen molar-refractivity contribution in [3.63, 3.8) is 0 Å². The quantitative estimate of drug-likeness (QED) is 0.462. The molecule has 31 heavy (non-hydrogen) atoms. The van der Waals surface area contributed by atoms with Crippen LogP contribution >= 0.6 is 0 Å². The Hall–Kier alpha value is -3.46. The molecule has 1 heterocycles. The SMILES string of the molecule is Cc1cc(C)c(N2C=CN(c3c(C)cc(C)cc3C)C2=C(O)c2ccccc2)c(C)c1. The van der Waals surface area contributed by atoms with Gasteiger partial charge in [-0.1, -0.05) is 65.7 Å². The maximum atomic E-state index is 11.5. The Morgan fingerprint density at radius 2 is 1.00 bits per heavy atom. The third-order valence-electron chi connectivity index (χ3n) is 5.83. The van der Waals surface area contributed by atoms with Gasteiger partial charge in [-0.2, -0.15) is 0 Å². The fourth-order valence-corrected chi connectivity index (χ4v) is 4.81. The van der Waals surface area contributed by atoms with Crippen molar-refractivity contribution < 1.29 is 5.11 Å². The minimum absolute atomic E-state index is 0.254. The van der Waals surface area contributed by atoms with E-state index in [1.807, 2.05) is 30.3 Å². The molecule has 3 aromatic rings. The Balaban J connectivity index is 1.96. The minimum Gasteiger partial charge on any atom is -0.504 e. The Morgan fingerprint density at radius 1 is 0.613 bits per heavy atom. The van der Waals surface area contributed by atoms with E-state index in [0.717, 1.165) is 22.8 Å². The van der Waals surface area contributed by atoms with Crippen molar-refractivity contribution in [1.82, 2.24) is 0 Å². The second-order valence-corrected chi connectivity index (χ2v) is 8.57. The molecule has 0 aromatic heterocycles. The summed E-state index contributed by atoms with van der Waals surface area (Å²) in [5, 5.41) is 11.5. The third kappa shape index (κ3) is 3.72. The van der Waals surface area contributed by atoms with Crippen molar-refractivity contribution in [1.29, 1.82) is 0 Å². The summed E-state index contributed by atoms with van der Waals surface area (Å²) in [6.45, 7) is 12.8. The smallest absolute Gasteiger partial charge is 0.165 e. The molecule has 0 saturated heterocycles. The van der Waals surface area contributed by atoms with Gasteiger partial charge in [0.15, 0.2) is 11.6 Å². The second kappa shape index (κ2) is 7.99. The molecule has 1 aliphatic heterocycles. The molecular weight excluding hydrogens is 380 g/mol. The molecule has 0 unspecified atom stereocenters. The summed E-state index contributed by atoms with van der Waals surface area (Å²) in [4.78, 5) is 4.23. The lowest BCUT2D eigenvalue weighted by atomic mass is 10.0. The van der Waals surface area contributed by atoms with Crippen molar-refractivity contribution in [2.75, 3.05) is 9.80 Å². The average Bonchev–Trinajstić information content (AvgIpc) is 3.10. The highest BCUT2D eigenvalue weighted by Crippen LogP contribution is 2.41. The van der Waals surface area contributed by atoms with Gasteiger partial charge in [0.05, 0.1) is 11.4 Å². The van der Waals surface area contributed by atoms with Crippen molar-refractivity contribution in [3.8, 4) is 0 Å². The lowest BCUT2D eigenvalue weighted by Gasteiger charge is -2.30. The normalized spacial score (nSPS) is 13.3. The summed E-state index contributed by atoms with van der Waals surface area (Å²) in [7, 11) is 0. The van der Waals surface area contributed by atoms with E-state index in [-0.39, 0.29) is 5.76 Å². The number of benzene rings is 3. The number of hydrogen-bond donors (Lipinski definition) is 1. The maximum Gasteiger partial charge on any atom is 0.165 e. The van der Waals surface area contributed by atoms with Gasteiger partial charge in [0, 0.05) is 18.0 Å². The Labute approximate surface area is 185 Å². The number of aliphatic hydroxyl groups excluding tert-OH is 1. The summed E-state index contributed by atoms with van der Waals surface area (Å²) >= 11 is 0. The van der Waals surface area contributed by atoms with Crippen molar-refractivity contribution >= 4 is 17.1 Å². The van der Waals surface area contributed by atoms with Crippen LogP contribution in [0.3, 0.4) is 0 Å². The van der Waals surface area contributed by atoms with Crippen LogP contribution in [0, 0.1) is 41.5 Å². The van der Waals surface area contributed by atoms with Gasteiger partial charge in [-0.15, -0.1) is 0 Å². The first-order valence-electron chi connectivity index (χ1n) is 10.7. The maximum absolute atomic E-state index is 11.5. The third-order valence-corrected chi connectivity index (χ3v) is 5.83. The van der Waals surface area contributed by atoms with Crippen LogP contribution in [0.25, 0.3) is 5.76 Å². The van der Waals surface area contributed by atoms with Gasteiger partial charge in [0.2, 0.25) is 0 Å². The van der Waals surface area contributed by atoms with Crippen molar-refractivity contribution in [2.45, 2.75) is 41.5 Å². The standard InChI is InChI=1S/C28H30N2O/c1-18-14-20(3)25(21(4)15-18)29-12-13-30(26-22(5)16-19(2)17-23(26)6)28(29)27(31)24-10-8-7-9-11-24/h7-17,31H,1-6H3. The van der Waals surface area contributed by atoms with Crippen molar-refractivity contribution in [3.05, 3.63) is 112 Å². The summed E-state index contributed by atoms with van der Waals surface area (Å²) < 4.78 is 0. The summed E-state index contributed by atoms with van der Waals surface area (Å²) in [6.07, 6.45) is 4.11. The number of hydrogen-bond acceptors (Lipinski definition) is 3. The van der Waals surface area contributed by atoms with Crippen LogP contribution < -0.4 is 9.80 Å². The zero-order chi connectivity index (χ0) is 22.3. The van der Waals surface area contributed by atoms with Gasteiger partial charge in [-0.3, -0.25) is 9.80 Å². The highest BCUT2D eigenvalue weighted by molar-refractivity contribution is 5.82. The van der Waals surface area contributed by atoms with Gasteiger partial charge in [-0.05, 0) is 63.8 Å². The molecule has 4 rings (SSSR count). The van der Waals surface area contributed by atoms with E-state index in [0.29, 0.717) is 0 Å². The van der Waals surface area contributed by atoms with E-state index in [1.165, 1.54) is 33.4 Å². The van der Waals surface area contributed by atoms with Crippen LogP contribution in [0.15, 0.2) is 72.8 Å². The predicted octanol–water partition coefficient (Wildman–Crippen LogP) is 7.22. The molecule has 0 fully saturated rings. The van der Waals surface area contributed by atoms with E-state index in [9.17, 15) is 5.11 Å². The monoisotopic (exact) mass is 410 g/mol. The Morgan fingerprint density at radius 3 is 1.39 bits per heavy atom. The van der Waals surface area contributed by atoms with Crippen LogP contribution in [-0.2, 0) is 0 Å². The fraction of sp³-hybridized carbons (Fsp3) is 0.214. The number of anilines is 2. The molecule has 0 spiro atoms. The molecule has 0 radical (unpaired) electrons. The summed E-state index contributed by atoms with van der Waals surface area (Å²) in [5.74, 6) is 1.00. The predicted molar refractivity (Wildman–Crippen MR) is 131 cm³/mol. The zero-order valence-electron chi connectivity index (χ0n) is 19.2.